The second-order valence-electron chi connectivity index (χ2n) is 6.29. The van der Waals surface area contributed by atoms with Crippen LogP contribution in [0.5, 0.6) is 0 Å². The van der Waals surface area contributed by atoms with E-state index in [1.807, 2.05) is 6.07 Å². The molecule has 1 aliphatic heterocycles. The Balaban J connectivity index is 2.04. The molecule has 0 aliphatic carbocycles. The Hall–Kier alpha value is -1.09. The first-order valence-corrected chi connectivity index (χ1v) is 7.82. The zero-order valence-electron chi connectivity index (χ0n) is 13.0. The zero-order valence-corrected chi connectivity index (χ0v) is 13.0. The predicted octanol–water partition coefficient (Wildman–Crippen LogP) is 3.60. The molecule has 1 heterocycles. The predicted molar refractivity (Wildman–Crippen MR) is 83.9 cm³/mol. The molecule has 1 N–H and O–H groups in total. The Morgan fingerprint density at radius 1 is 1.35 bits per heavy atom. The molecule has 20 heavy (non-hydrogen) atoms. The number of fused-ring (bicyclic) bond motifs is 1. The maximum atomic E-state index is 13.5. The van der Waals surface area contributed by atoms with Crippen LogP contribution in [0.25, 0.3) is 0 Å². The van der Waals surface area contributed by atoms with Crippen LogP contribution in [0.3, 0.4) is 0 Å². The van der Waals surface area contributed by atoms with Gasteiger partial charge in [-0.25, -0.2) is 4.39 Å². The summed E-state index contributed by atoms with van der Waals surface area (Å²) in [5.74, 6) is -0.127. The molecule has 0 bridgehead atoms. The lowest BCUT2D eigenvalue weighted by molar-refractivity contribution is 0.297. The lowest BCUT2D eigenvalue weighted by Crippen LogP contribution is -2.41. The van der Waals surface area contributed by atoms with Crippen molar-refractivity contribution in [1.29, 1.82) is 0 Å². The van der Waals surface area contributed by atoms with Gasteiger partial charge in [-0.15, -0.1) is 0 Å². The first-order chi connectivity index (χ1) is 9.58. The quantitative estimate of drug-likeness (QED) is 0.767. The van der Waals surface area contributed by atoms with E-state index in [-0.39, 0.29) is 11.2 Å². The van der Waals surface area contributed by atoms with Gasteiger partial charge in [0.2, 0.25) is 0 Å². The molecular formula is C17H27FN2. The van der Waals surface area contributed by atoms with Crippen molar-refractivity contribution in [2.75, 3.05) is 31.1 Å². The van der Waals surface area contributed by atoms with E-state index in [2.05, 4.69) is 31.0 Å². The number of nitrogens with one attached hydrogen (secondary N) is 1. The van der Waals surface area contributed by atoms with Crippen LogP contribution in [0, 0.1) is 11.2 Å². The fourth-order valence-electron chi connectivity index (χ4n) is 2.90. The number of hydrogen-bond donors (Lipinski definition) is 1. The standard InChI is InChI=1S/C17H27FN2/c1-4-9-19-12-17(3,5-2)13-20-10-8-14-6-7-15(18)11-16(14)20/h6-7,11,19H,4-5,8-10,12-13H2,1-3H3. The highest BCUT2D eigenvalue weighted by molar-refractivity contribution is 5.58. The number of nitrogens with zero attached hydrogens (tertiary/aromatic N) is 1. The molecule has 1 aromatic rings. The average Bonchev–Trinajstić information content (AvgIpc) is 2.81. The third-order valence-corrected chi connectivity index (χ3v) is 4.44. The van der Waals surface area contributed by atoms with Gasteiger partial charge >= 0.3 is 0 Å². The molecule has 1 atom stereocenters. The summed E-state index contributed by atoms with van der Waals surface area (Å²) in [7, 11) is 0. The maximum Gasteiger partial charge on any atom is 0.125 e. The van der Waals surface area contributed by atoms with Crippen molar-refractivity contribution in [3.8, 4) is 0 Å². The van der Waals surface area contributed by atoms with E-state index < -0.39 is 0 Å². The van der Waals surface area contributed by atoms with Gasteiger partial charge in [-0.3, -0.25) is 0 Å². The van der Waals surface area contributed by atoms with Gasteiger partial charge in [0.05, 0.1) is 0 Å². The van der Waals surface area contributed by atoms with E-state index in [9.17, 15) is 4.39 Å². The van der Waals surface area contributed by atoms with E-state index in [1.54, 1.807) is 12.1 Å². The molecule has 112 valence electrons. The minimum absolute atomic E-state index is 0.127. The van der Waals surface area contributed by atoms with Crippen LogP contribution in [-0.2, 0) is 6.42 Å². The summed E-state index contributed by atoms with van der Waals surface area (Å²) in [6.45, 7) is 10.9. The number of hydrogen-bond acceptors (Lipinski definition) is 2. The summed E-state index contributed by atoms with van der Waals surface area (Å²) in [6.07, 6.45) is 3.33. The summed E-state index contributed by atoms with van der Waals surface area (Å²) >= 11 is 0. The first kappa shape index (κ1) is 15.3. The fraction of sp³-hybridized carbons (Fsp3) is 0.647. The highest BCUT2D eigenvalue weighted by Crippen LogP contribution is 2.32. The van der Waals surface area contributed by atoms with E-state index in [0.717, 1.165) is 51.1 Å². The highest BCUT2D eigenvalue weighted by Gasteiger charge is 2.28. The Morgan fingerprint density at radius 3 is 2.85 bits per heavy atom. The number of benzene rings is 1. The summed E-state index contributed by atoms with van der Waals surface area (Å²) in [5.41, 5.74) is 2.62. The van der Waals surface area contributed by atoms with Crippen LogP contribution < -0.4 is 10.2 Å². The summed E-state index contributed by atoms with van der Waals surface area (Å²) in [6, 6.07) is 5.20. The molecule has 0 spiro atoms. The molecule has 1 aliphatic rings. The second-order valence-corrected chi connectivity index (χ2v) is 6.29. The van der Waals surface area contributed by atoms with E-state index in [1.165, 1.54) is 5.56 Å². The Labute approximate surface area is 122 Å². The van der Waals surface area contributed by atoms with Crippen LogP contribution in [0.15, 0.2) is 18.2 Å². The van der Waals surface area contributed by atoms with Gasteiger partial charge in [0.25, 0.3) is 0 Å². The van der Waals surface area contributed by atoms with E-state index >= 15 is 0 Å². The molecule has 0 amide bonds. The largest absolute Gasteiger partial charge is 0.370 e. The van der Waals surface area contributed by atoms with Crippen molar-refractivity contribution >= 4 is 5.69 Å². The molecular weight excluding hydrogens is 251 g/mol. The van der Waals surface area contributed by atoms with Crippen molar-refractivity contribution in [2.45, 2.75) is 40.0 Å². The van der Waals surface area contributed by atoms with Crippen LogP contribution in [-0.4, -0.2) is 26.2 Å². The monoisotopic (exact) mass is 278 g/mol. The molecule has 3 heteroatoms. The molecule has 0 fully saturated rings. The van der Waals surface area contributed by atoms with Crippen LogP contribution in [0.2, 0.25) is 0 Å². The van der Waals surface area contributed by atoms with Crippen molar-refractivity contribution in [3.63, 3.8) is 0 Å². The highest BCUT2D eigenvalue weighted by atomic mass is 19.1. The first-order valence-electron chi connectivity index (χ1n) is 7.82. The van der Waals surface area contributed by atoms with E-state index in [0.29, 0.717) is 0 Å². The van der Waals surface area contributed by atoms with Crippen LogP contribution >= 0.6 is 0 Å². The Bertz CT molecular complexity index is 447. The molecule has 2 nitrogen and oxygen atoms in total. The van der Waals surface area contributed by atoms with Gasteiger partial charge < -0.3 is 10.2 Å². The van der Waals surface area contributed by atoms with Crippen LogP contribution in [0.4, 0.5) is 10.1 Å². The zero-order chi connectivity index (χ0) is 14.6. The Morgan fingerprint density at radius 2 is 2.15 bits per heavy atom. The molecule has 1 unspecified atom stereocenters. The number of anilines is 1. The van der Waals surface area contributed by atoms with Crippen molar-refractivity contribution in [1.82, 2.24) is 5.32 Å². The SMILES string of the molecule is CCCNCC(C)(CC)CN1CCc2ccc(F)cc21. The summed E-state index contributed by atoms with van der Waals surface area (Å²) < 4.78 is 13.5. The molecule has 0 radical (unpaired) electrons. The third-order valence-electron chi connectivity index (χ3n) is 4.44. The summed E-state index contributed by atoms with van der Waals surface area (Å²) in [4.78, 5) is 2.36. The number of halogens is 1. The minimum Gasteiger partial charge on any atom is -0.370 e. The van der Waals surface area contributed by atoms with Gasteiger partial charge in [0.15, 0.2) is 0 Å². The normalized spacial score (nSPS) is 17.1. The lowest BCUT2D eigenvalue weighted by Gasteiger charge is -2.34. The van der Waals surface area contributed by atoms with Crippen LogP contribution in [0.1, 0.15) is 39.2 Å². The second kappa shape index (κ2) is 6.57. The summed E-state index contributed by atoms with van der Waals surface area (Å²) in [5, 5.41) is 3.54. The average molecular weight is 278 g/mol. The smallest absolute Gasteiger partial charge is 0.125 e. The van der Waals surface area contributed by atoms with Gasteiger partial charge in [-0.05, 0) is 48.9 Å². The lowest BCUT2D eigenvalue weighted by atomic mass is 9.86. The maximum absolute atomic E-state index is 13.5. The van der Waals surface area contributed by atoms with E-state index in [4.69, 9.17) is 0 Å². The fourth-order valence-corrected chi connectivity index (χ4v) is 2.90. The van der Waals surface area contributed by atoms with Gasteiger partial charge in [-0.1, -0.05) is 26.8 Å². The van der Waals surface area contributed by atoms with Gasteiger partial charge in [0, 0.05) is 25.3 Å². The third kappa shape index (κ3) is 3.51. The van der Waals surface area contributed by atoms with Gasteiger partial charge in [-0.2, -0.15) is 0 Å². The van der Waals surface area contributed by atoms with Gasteiger partial charge in [0.1, 0.15) is 5.82 Å². The molecule has 2 rings (SSSR count). The molecule has 0 saturated carbocycles. The van der Waals surface area contributed by atoms with Crippen molar-refractivity contribution in [2.24, 2.45) is 5.41 Å². The molecule has 0 aromatic heterocycles. The Kier molecular flexibility index (Phi) is 5.03. The molecule has 1 aromatic carbocycles. The molecule has 0 saturated heterocycles. The minimum atomic E-state index is -0.127. The van der Waals surface area contributed by atoms with Crippen molar-refractivity contribution < 1.29 is 4.39 Å². The topological polar surface area (TPSA) is 15.3 Å². The van der Waals surface area contributed by atoms with Crippen molar-refractivity contribution in [3.05, 3.63) is 29.6 Å². The number of rotatable bonds is 7.